The van der Waals surface area contributed by atoms with Crippen LogP contribution in [0.2, 0.25) is 0 Å². The summed E-state index contributed by atoms with van der Waals surface area (Å²) >= 11 is 1.46. The number of benzene rings is 2. The van der Waals surface area contributed by atoms with Crippen molar-refractivity contribution in [2.24, 2.45) is 0 Å². The zero-order valence-electron chi connectivity index (χ0n) is 14.1. The SMILES string of the molecule is CCn1c(SCc2nnnn2-c2ccccc2)nc2ccccc2c1=O. The molecule has 2 aromatic heterocycles. The van der Waals surface area contributed by atoms with E-state index in [1.165, 1.54) is 11.8 Å². The zero-order valence-corrected chi connectivity index (χ0v) is 14.9. The van der Waals surface area contributed by atoms with E-state index in [1.54, 1.807) is 15.3 Å². The fourth-order valence-electron chi connectivity index (χ4n) is 2.73. The Morgan fingerprint density at radius 3 is 2.62 bits per heavy atom. The van der Waals surface area contributed by atoms with Gasteiger partial charge in [-0.05, 0) is 41.6 Å². The molecule has 0 aliphatic heterocycles. The minimum atomic E-state index is -0.0248. The van der Waals surface area contributed by atoms with Gasteiger partial charge in [0.25, 0.3) is 5.56 Å². The van der Waals surface area contributed by atoms with Gasteiger partial charge in [-0.2, -0.15) is 4.68 Å². The molecular formula is C18H16N6OS. The first-order valence-corrected chi connectivity index (χ1v) is 9.21. The van der Waals surface area contributed by atoms with Crippen molar-refractivity contribution >= 4 is 22.7 Å². The van der Waals surface area contributed by atoms with Crippen molar-refractivity contribution in [2.75, 3.05) is 0 Å². The quantitative estimate of drug-likeness (QED) is 0.400. The summed E-state index contributed by atoms with van der Waals surface area (Å²) in [5, 5.41) is 13.3. The number of thioether (sulfide) groups is 1. The Labute approximate surface area is 153 Å². The monoisotopic (exact) mass is 364 g/mol. The highest BCUT2D eigenvalue weighted by atomic mass is 32.2. The molecule has 2 heterocycles. The molecule has 0 radical (unpaired) electrons. The highest BCUT2D eigenvalue weighted by Gasteiger charge is 2.13. The Morgan fingerprint density at radius 2 is 1.81 bits per heavy atom. The summed E-state index contributed by atoms with van der Waals surface area (Å²) in [6.45, 7) is 2.50. The third-order valence-electron chi connectivity index (χ3n) is 4.01. The molecule has 26 heavy (non-hydrogen) atoms. The van der Waals surface area contributed by atoms with Crippen molar-refractivity contribution in [2.45, 2.75) is 24.4 Å². The third kappa shape index (κ3) is 2.99. The van der Waals surface area contributed by atoms with E-state index in [2.05, 4.69) is 20.5 Å². The summed E-state index contributed by atoms with van der Waals surface area (Å²) < 4.78 is 3.38. The fourth-order valence-corrected chi connectivity index (χ4v) is 3.70. The van der Waals surface area contributed by atoms with Crippen molar-refractivity contribution < 1.29 is 0 Å². The fraction of sp³-hybridized carbons (Fsp3) is 0.167. The lowest BCUT2D eigenvalue weighted by molar-refractivity contribution is 0.634. The van der Waals surface area contributed by atoms with Crippen LogP contribution in [-0.2, 0) is 12.3 Å². The second-order valence-electron chi connectivity index (χ2n) is 5.59. The van der Waals surface area contributed by atoms with Crippen LogP contribution in [0.1, 0.15) is 12.7 Å². The summed E-state index contributed by atoms with van der Waals surface area (Å²) in [6, 6.07) is 17.1. The average molecular weight is 364 g/mol. The van der Waals surface area contributed by atoms with Crippen LogP contribution in [0.3, 0.4) is 0 Å². The van der Waals surface area contributed by atoms with Crippen LogP contribution in [-0.4, -0.2) is 29.8 Å². The van der Waals surface area contributed by atoms with Crippen molar-refractivity contribution in [1.29, 1.82) is 0 Å². The van der Waals surface area contributed by atoms with E-state index in [0.717, 1.165) is 5.69 Å². The Morgan fingerprint density at radius 1 is 1.04 bits per heavy atom. The first-order chi connectivity index (χ1) is 12.8. The van der Waals surface area contributed by atoms with Gasteiger partial charge in [-0.3, -0.25) is 9.36 Å². The van der Waals surface area contributed by atoms with Crippen LogP contribution in [0.4, 0.5) is 0 Å². The van der Waals surface area contributed by atoms with Crippen LogP contribution in [0, 0.1) is 0 Å². The highest BCUT2D eigenvalue weighted by Crippen LogP contribution is 2.22. The first-order valence-electron chi connectivity index (χ1n) is 8.23. The molecule has 0 aliphatic carbocycles. The number of hydrogen-bond acceptors (Lipinski definition) is 6. The molecule has 0 atom stereocenters. The normalized spacial score (nSPS) is 11.1. The summed E-state index contributed by atoms with van der Waals surface area (Å²) in [4.78, 5) is 17.4. The molecule has 4 rings (SSSR count). The molecule has 7 nitrogen and oxygen atoms in total. The van der Waals surface area contributed by atoms with Gasteiger partial charge >= 0.3 is 0 Å². The Hall–Kier alpha value is -3.00. The standard InChI is InChI=1S/C18H16N6OS/c1-2-23-17(25)14-10-6-7-11-15(14)19-18(23)26-12-16-20-21-22-24(16)13-8-4-3-5-9-13/h3-11H,2,12H2,1H3. The Bertz CT molecular complexity index is 1110. The number of para-hydroxylation sites is 2. The van der Waals surface area contributed by atoms with E-state index in [4.69, 9.17) is 0 Å². The first kappa shape index (κ1) is 16.5. The maximum absolute atomic E-state index is 12.7. The van der Waals surface area contributed by atoms with Crippen molar-refractivity contribution in [3.8, 4) is 5.69 Å². The number of aromatic nitrogens is 6. The lowest BCUT2D eigenvalue weighted by atomic mass is 10.2. The summed E-state index contributed by atoms with van der Waals surface area (Å²) in [5.41, 5.74) is 1.57. The molecule has 4 aromatic rings. The molecule has 0 fully saturated rings. The predicted octanol–water partition coefficient (Wildman–Crippen LogP) is 2.68. The molecule has 0 unspecified atom stereocenters. The Kier molecular flexibility index (Phi) is 4.49. The maximum Gasteiger partial charge on any atom is 0.262 e. The molecular weight excluding hydrogens is 348 g/mol. The molecule has 0 aliphatic rings. The zero-order chi connectivity index (χ0) is 17.9. The molecule has 0 saturated carbocycles. The lowest BCUT2D eigenvalue weighted by Gasteiger charge is -2.11. The van der Waals surface area contributed by atoms with Gasteiger partial charge < -0.3 is 0 Å². The molecule has 0 saturated heterocycles. The van der Waals surface area contributed by atoms with Crippen LogP contribution in [0.15, 0.2) is 64.5 Å². The van der Waals surface area contributed by atoms with E-state index >= 15 is 0 Å². The summed E-state index contributed by atoms with van der Waals surface area (Å²) in [7, 11) is 0. The number of nitrogens with zero attached hydrogens (tertiary/aromatic N) is 6. The van der Waals surface area contributed by atoms with E-state index in [1.807, 2.05) is 55.5 Å². The molecule has 0 N–H and O–H groups in total. The van der Waals surface area contributed by atoms with Gasteiger partial charge in [-0.25, -0.2) is 4.98 Å². The number of hydrogen-bond donors (Lipinski definition) is 0. The highest BCUT2D eigenvalue weighted by molar-refractivity contribution is 7.98. The minimum Gasteiger partial charge on any atom is -0.287 e. The minimum absolute atomic E-state index is 0.0248. The second-order valence-corrected chi connectivity index (χ2v) is 6.53. The number of tetrazole rings is 1. The predicted molar refractivity (Wildman–Crippen MR) is 100 cm³/mol. The average Bonchev–Trinajstić information content (AvgIpc) is 3.16. The maximum atomic E-state index is 12.7. The van der Waals surface area contributed by atoms with E-state index in [9.17, 15) is 4.79 Å². The number of fused-ring (bicyclic) bond motifs is 1. The molecule has 0 spiro atoms. The second kappa shape index (κ2) is 7.09. The van der Waals surface area contributed by atoms with Gasteiger partial charge in [0.15, 0.2) is 11.0 Å². The molecule has 8 heteroatoms. The van der Waals surface area contributed by atoms with Crippen molar-refractivity contribution in [3.63, 3.8) is 0 Å². The van der Waals surface area contributed by atoms with Crippen LogP contribution in [0.25, 0.3) is 16.6 Å². The van der Waals surface area contributed by atoms with E-state index in [0.29, 0.717) is 34.2 Å². The smallest absolute Gasteiger partial charge is 0.262 e. The summed E-state index contributed by atoms with van der Waals surface area (Å²) in [5.74, 6) is 1.21. The van der Waals surface area contributed by atoms with Gasteiger partial charge in [0.1, 0.15) is 0 Å². The Balaban J connectivity index is 1.67. The number of rotatable bonds is 5. The van der Waals surface area contributed by atoms with E-state index in [-0.39, 0.29) is 5.56 Å². The van der Waals surface area contributed by atoms with Gasteiger partial charge in [0, 0.05) is 6.54 Å². The van der Waals surface area contributed by atoms with E-state index < -0.39 is 0 Å². The lowest BCUT2D eigenvalue weighted by Crippen LogP contribution is -2.22. The van der Waals surface area contributed by atoms with Crippen molar-refractivity contribution in [1.82, 2.24) is 29.8 Å². The van der Waals surface area contributed by atoms with Gasteiger partial charge in [-0.1, -0.05) is 42.1 Å². The topological polar surface area (TPSA) is 78.5 Å². The van der Waals surface area contributed by atoms with Crippen molar-refractivity contribution in [3.05, 3.63) is 70.8 Å². The van der Waals surface area contributed by atoms with Gasteiger partial charge in [-0.15, -0.1) is 5.10 Å². The van der Waals surface area contributed by atoms with Gasteiger partial charge in [0.05, 0.1) is 22.3 Å². The molecule has 0 amide bonds. The summed E-state index contributed by atoms with van der Waals surface area (Å²) in [6.07, 6.45) is 0. The van der Waals surface area contributed by atoms with Crippen LogP contribution in [0.5, 0.6) is 0 Å². The largest absolute Gasteiger partial charge is 0.287 e. The molecule has 130 valence electrons. The molecule has 0 bridgehead atoms. The van der Waals surface area contributed by atoms with Crippen LogP contribution < -0.4 is 5.56 Å². The van der Waals surface area contributed by atoms with Gasteiger partial charge in [0.2, 0.25) is 0 Å². The third-order valence-corrected chi connectivity index (χ3v) is 4.98. The molecule has 2 aromatic carbocycles. The van der Waals surface area contributed by atoms with Crippen LogP contribution >= 0.6 is 11.8 Å².